The smallest absolute Gasteiger partial charge is 0.136 e. The van der Waals surface area contributed by atoms with E-state index in [2.05, 4.69) is 37.0 Å². The van der Waals surface area contributed by atoms with Crippen LogP contribution in [0.25, 0.3) is 0 Å². The zero-order valence-electron chi connectivity index (χ0n) is 11.4. The van der Waals surface area contributed by atoms with E-state index in [1.807, 2.05) is 0 Å². The fourth-order valence-corrected chi connectivity index (χ4v) is 3.61. The summed E-state index contributed by atoms with van der Waals surface area (Å²) in [5, 5.41) is 15.2. The number of hydrogen-bond acceptors (Lipinski definition) is 2. The quantitative estimate of drug-likeness (QED) is 0.357. The second kappa shape index (κ2) is 4.25. The molecule has 0 radical (unpaired) electrons. The van der Waals surface area contributed by atoms with E-state index in [9.17, 15) is 5.21 Å². The molecule has 2 aliphatic carbocycles. The van der Waals surface area contributed by atoms with E-state index in [0.717, 1.165) is 49.9 Å². The molecule has 98 valence electrons. The van der Waals surface area contributed by atoms with Crippen molar-refractivity contribution in [3.8, 4) is 0 Å². The lowest BCUT2D eigenvalue weighted by atomic mass is 9.81. The van der Waals surface area contributed by atoms with Crippen molar-refractivity contribution in [2.24, 2.45) is 22.4 Å². The highest BCUT2D eigenvalue weighted by Crippen LogP contribution is 2.65. The van der Waals surface area contributed by atoms with Crippen molar-refractivity contribution in [2.75, 3.05) is 13.1 Å². The number of nitrogens with two attached hydrogens (primary N) is 1. The summed E-state index contributed by atoms with van der Waals surface area (Å²) in [6, 6.07) is 0. The molecule has 0 heterocycles. The van der Waals surface area contributed by atoms with Crippen LogP contribution in [0, 0.1) is 17.3 Å². The number of nitrogens with zero attached hydrogens (tertiary/aromatic N) is 1. The first kappa shape index (κ1) is 12.8. The number of hydrogen-bond donors (Lipinski definition) is 3. The van der Waals surface area contributed by atoms with E-state index in [-0.39, 0.29) is 5.54 Å². The van der Waals surface area contributed by atoms with Crippen molar-refractivity contribution in [3.05, 3.63) is 0 Å². The Morgan fingerprint density at radius 1 is 1.41 bits per heavy atom. The molecule has 0 bridgehead atoms. The van der Waals surface area contributed by atoms with Gasteiger partial charge in [0.2, 0.25) is 0 Å². The van der Waals surface area contributed by atoms with Gasteiger partial charge in [-0.15, -0.1) is 0 Å². The van der Waals surface area contributed by atoms with Gasteiger partial charge < -0.3 is 16.3 Å². The van der Waals surface area contributed by atoms with Gasteiger partial charge in [0.05, 0.1) is 13.1 Å². The summed E-state index contributed by atoms with van der Waals surface area (Å²) < 4.78 is 0. The summed E-state index contributed by atoms with van der Waals surface area (Å²) in [5.41, 5.74) is 5.34. The molecule has 0 aromatic rings. The van der Waals surface area contributed by atoms with Gasteiger partial charge in [-0.3, -0.25) is 0 Å². The lowest BCUT2D eigenvalue weighted by molar-refractivity contribution is -0.710. The molecule has 4 heteroatoms. The van der Waals surface area contributed by atoms with Crippen LogP contribution in [0.4, 0.5) is 0 Å². The zero-order valence-corrected chi connectivity index (χ0v) is 11.4. The van der Waals surface area contributed by atoms with E-state index in [1.165, 1.54) is 0 Å². The van der Waals surface area contributed by atoms with Gasteiger partial charge in [-0.25, -0.2) is 0 Å². The predicted molar refractivity (Wildman–Crippen MR) is 66.8 cm³/mol. The molecule has 0 aliphatic heterocycles. The van der Waals surface area contributed by atoms with Crippen molar-refractivity contribution in [3.63, 3.8) is 0 Å². The first-order valence-corrected chi connectivity index (χ1v) is 6.80. The number of fused-ring (bicyclic) bond motifs is 1. The van der Waals surface area contributed by atoms with Crippen molar-refractivity contribution in [1.82, 2.24) is 0 Å². The van der Waals surface area contributed by atoms with Gasteiger partial charge in [0, 0.05) is 12.8 Å². The van der Waals surface area contributed by atoms with Crippen LogP contribution in [0.3, 0.4) is 0 Å². The molecule has 17 heavy (non-hydrogen) atoms. The molecule has 2 fully saturated rings. The van der Waals surface area contributed by atoms with Gasteiger partial charge in [0.15, 0.2) is 0 Å². The Morgan fingerprint density at radius 2 is 2.12 bits per heavy atom. The van der Waals surface area contributed by atoms with Gasteiger partial charge in [-0.1, -0.05) is 19.0 Å². The summed E-state index contributed by atoms with van der Waals surface area (Å²) in [6.45, 7) is 8.99. The molecule has 0 amide bonds. The maximum Gasteiger partial charge on any atom is 0.136 e. The van der Waals surface area contributed by atoms with Crippen LogP contribution >= 0.6 is 0 Å². The average molecular weight is 241 g/mol. The Balaban J connectivity index is 2.05. The first-order chi connectivity index (χ1) is 7.95. The van der Waals surface area contributed by atoms with Crippen molar-refractivity contribution >= 4 is 5.71 Å². The van der Waals surface area contributed by atoms with Gasteiger partial charge in [-0.2, -0.15) is 0 Å². The van der Waals surface area contributed by atoms with Crippen molar-refractivity contribution in [2.45, 2.75) is 45.6 Å². The summed E-state index contributed by atoms with van der Waals surface area (Å²) in [6.07, 6.45) is 3.26. The third kappa shape index (κ3) is 2.08. The maximum absolute atomic E-state index is 9.25. The van der Waals surface area contributed by atoms with Gasteiger partial charge >= 0.3 is 0 Å². The standard InChI is InChI=1S/C13H25N3O/c1-12(2)9-7-11(16-17)13(3,8-10(9)12)15-6-4-5-14/h9-10,15,17H,4-8,14H2,1-3H3/p+2/b16-11+/t9-,10+,13+/m1/s1. The number of quaternary nitrogens is 2. The van der Waals surface area contributed by atoms with Crippen LogP contribution < -0.4 is 11.1 Å². The fourth-order valence-electron chi connectivity index (χ4n) is 3.61. The molecule has 0 aromatic carbocycles. The summed E-state index contributed by atoms with van der Waals surface area (Å²) in [5.74, 6) is 1.55. The van der Waals surface area contributed by atoms with Crippen molar-refractivity contribution < 1.29 is 16.3 Å². The molecule has 0 aromatic heterocycles. The molecule has 6 N–H and O–H groups in total. The van der Waals surface area contributed by atoms with E-state index in [0.29, 0.717) is 5.41 Å². The second-order valence-corrected chi connectivity index (χ2v) is 6.61. The van der Waals surface area contributed by atoms with Crippen LogP contribution in [0.15, 0.2) is 5.16 Å². The highest BCUT2D eigenvalue weighted by molar-refractivity contribution is 5.93. The highest BCUT2D eigenvalue weighted by Gasteiger charge is 2.64. The minimum atomic E-state index is 0.0128. The third-order valence-electron chi connectivity index (χ3n) is 5.17. The minimum absolute atomic E-state index is 0.0128. The Labute approximate surface area is 104 Å². The summed E-state index contributed by atoms with van der Waals surface area (Å²) >= 11 is 0. The van der Waals surface area contributed by atoms with E-state index < -0.39 is 0 Å². The largest absolute Gasteiger partial charge is 0.411 e. The first-order valence-electron chi connectivity index (χ1n) is 6.80. The predicted octanol–water partition coefficient (Wildman–Crippen LogP) is -0.163. The fraction of sp³-hybridized carbons (Fsp3) is 0.923. The van der Waals surface area contributed by atoms with E-state index >= 15 is 0 Å². The highest BCUT2D eigenvalue weighted by atomic mass is 16.4. The van der Waals surface area contributed by atoms with Crippen LogP contribution in [-0.2, 0) is 0 Å². The van der Waals surface area contributed by atoms with E-state index in [1.54, 1.807) is 0 Å². The minimum Gasteiger partial charge on any atom is -0.411 e. The number of rotatable bonds is 4. The molecular weight excluding hydrogens is 214 g/mol. The molecule has 2 aliphatic rings. The SMILES string of the molecule is CC1(C)[C@@H]2C/C(=N\O)[C@@](C)([NH2+]CCC[NH3+])C[C@@H]21. The monoisotopic (exact) mass is 241 g/mol. The Bertz CT molecular complexity index is 327. The summed E-state index contributed by atoms with van der Waals surface area (Å²) in [7, 11) is 0. The maximum atomic E-state index is 9.25. The Morgan fingerprint density at radius 3 is 2.71 bits per heavy atom. The van der Waals surface area contributed by atoms with Crippen LogP contribution in [0.5, 0.6) is 0 Å². The van der Waals surface area contributed by atoms with Gasteiger partial charge in [-0.05, 0) is 30.6 Å². The van der Waals surface area contributed by atoms with Gasteiger partial charge in [0.1, 0.15) is 11.3 Å². The third-order valence-corrected chi connectivity index (χ3v) is 5.17. The molecule has 0 unspecified atom stereocenters. The van der Waals surface area contributed by atoms with Crippen LogP contribution in [-0.4, -0.2) is 29.5 Å². The average Bonchev–Trinajstić information content (AvgIpc) is 2.79. The second-order valence-electron chi connectivity index (χ2n) is 6.61. The lowest BCUT2D eigenvalue weighted by Gasteiger charge is -2.31. The molecule has 3 atom stereocenters. The zero-order chi connectivity index (χ0) is 12.7. The Kier molecular flexibility index (Phi) is 3.21. The lowest BCUT2D eigenvalue weighted by Crippen LogP contribution is -2.98. The molecular formula is C13H27N3O+2. The normalized spacial score (nSPS) is 41.3. The topological polar surface area (TPSA) is 76.8 Å². The number of oxime groups is 1. The molecule has 2 rings (SSSR count). The molecule has 0 spiro atoms. The van der Waals surface area contributed by atoms with Crippen molar-refractivity contribution in [1.29, 1.82) is 0 Å². The summed E-state index contributed by atoms with van der Waals surface area (Å²) in [4.78, 5) is 0. The molecule has 2 saturated carbocycles. The molecule has 0 saturated heterocycles. The Hall–Kier alpha value is -0.610. The van der Waals surface area contributed by atoms with Gasteiger partial charge in [0.25, 0.3) is 0 Å². The molecule has 4 nitrogen and oxygen atoms in total. The van der Waals surface area contributed by atoms with Crippen LogP contribution in [0.1, 0.15) is 40.0 Å². The van der Waals surface area contributed by atoms with E-state index in [4.69, 9.17) is 0 Å². The van der Waals surface area contributed by atoms with Crippen LogP contribution in [0.2, 0.25) is 0 Å².